The van der Waals surface area contributed by atoms with Crippen molar-refractivity contribution in [3.63, 3.8) is 0 Å². The van der Waals surface area contributed by atoms with Gasteiger partial charge in [-0.1, -0.05) is 12.1 Å². The second-order valence-electron chi connectivity index (χ2n) is 6.76. The van der Waals surface area contributed by atoms with Crippen LogP contribution in [-0.2, 0) is 0 Å². The zero-order valence-corrected chi connectivity index (χ0v) is 14.8. The van der Waals surface area contributed by atoms with Crippen molar-refractivity contribution >= 4 is 17.5 Å². The fourth-order valence-corrected chi connectivity index (χ4v) is 3.32. The van der Waals surface area contributed by atoms with E-state index in [-0.39, 0.29) is 11.8 Å². The Labute approximate surface area is 148 Å². The highest BCUT2D eigenvalue weighted by molar-refractivity contribution is 6.06. The molecule has 0 spiro atoms. The number of rotatable bonds is 3. The Morgan fingerprint density at radius 3 is 2.20 bits per heavy atom. The smallest absolute Gasteiger partial charge is 0.255 e. The third-order valence-electron chi connectivity index (χ3n) is 4.49. The van der Waals surface area contributed by atoms with Gasteiger partial charge in [-0.3, -0.25) is 9.59 Å². The summed E-state index contributed by atoms with van der Waals surface area (Å²) in [6, 6.07) is 12.9. The maximum atomic E-state index is 12.6. The number of carbonyl (C=O) groups excluding carboxylic acids is 2. The summed E-state index contributed by atoms with van der Waals surface area (Å²) in [6.07, 6.45) is 3.29. The summed E-state index contributed by atoms with van der Waals surface area (Å²) < 4.78 is 0. The number of amides is 2. The minimum atomic E-state index is -0.196. The number of likely N-dealkylation sites (tertiary alicyclic amines) is 1. The fourth-order valence-electron chi connectivity index (χ4n) is 3.32. The molecule has 0 unspecified atom stereocenters. The molecule has 2 aromatic rings. The van der Waals surface area contributed by atoms with Crippen molar-refractivity contribution in [3.8, 4) is 0 Å². The van der Waals surface area contributed by atoms with Crippen molar-refractivity contribution in [2.24, 2.45) is 0 Å². The lowest BCUT2D eigenvalue weighted by Gasteiger charge is -2.26. The SMILES string of the molecule is Cc1cc(C)cc(NC(=O)c2cccc(C(=O)N3CCCCC3)c2)c1. The van der Waals surface area contributed by atoms with Gasteiger partial charge in [-0.05, 0) is 74.6 Å². The van der Waals surface area contributed by atoms with Crippen LogP contribution in [0, 0.1) is 13.8 Å². The van der Waals surface area contributed by atoms with Gasteiger partial charge in [0.25, 0.3) is 11.8 Å². The Hall–Kier alpha value is -2.62. The molecule has 0 atom stereocenters. The standard InChI is InChI=1S/C21H24N2O2/c1-15-11-16(2)13-19(12-15)22-20(24)17-7-6-8-18(14-17)21(25)23-9-4-3-5-10-23/h6-8,11-14H,3-5,9-10H2,1-2H3,(H,22,24). The van der Waals surface area contributed by atoms with E-state index in [2.05, 4.69) is 11.4 Å². The molecule has 0 bridgehead atoms. The molecule has 130 valence electrons. The third-order valence-corrected chi connectivity index (χ3v) is 4.49. The molecule has 1 heterocycles. The minimum absolute atomic E-state index is 0.0146. The summed E-state index contributed by atoms with van der Waals surface area (Å²) in [5, 5.41) is 2.92. The Kier molecular flexibility index (Phi) is 5.17. The molecular weight excluding hydrogens is 312 g/mol. The van der Waals surface area contributed by atoms with E-state index in [1.54, 1.807) is 24.3 Å². The van der Waals surface area contributed by atoms with E-state index in [1.807, 2.05) is 30.9 Å². The number of aryl methyl sites for hydroxylation is 2. The first-order chi connectivity index (χ1) is 12.0. The van der Waals surface area contributed by atoms with Crippen molar-refractivity contribution in [2.45, 2.75) is 33.1 Å². The quantitative estimate of drug-likeness (QED) is 0.914. The van der Waals surface area contributed by atoms with Gasteiger partial charge in [-0.15, -0.1) is 0 Å². The Morgan fingerprint density at radius 1 is 0.880 bits per heavy atom. The van der Waals surface area contributed by atoms with E-state index in [0.29, 0.717) is 11.1 Å². The second kappa shape index (κ2) is 7.51. The molecule has 4 nitrogen and oxygen atoms in total. The van der Waals surface area contributed by atoms with Crippen molar-refractivity contribution in [1.29, 1.82) is 0 Å². The fraction of sp³-hybridized carbons (Fsp3) is 0.333. The molecule has 0 saturated carbocycles. The van der Waals surface area contributed by atoms with Crippen LogP contribution in [0.4, 0.5) is 5.69 Å². The van der Waals surface area contributed by atoms with Gasteiger partial charge in [-0.25, -0.2) is 0 Å². The molecule has 2 aromatic carbocycles. The summed E-state index contributed by atoms with van der Waals surface area (Å²) >= 11 is 0. The van der Waals surface area contributed by atoms with Crippen LogP contribution in [-0.4, -0.2) is 29.8 Å². The van der Waals surface area contributed by atoms with Crippen LogP contribution in [0.15, 0.2) is 42.5 Å². The Balaban J connectivity index is 1.76. The number of carbonyl (C=O) groups is 2. The van der Waals surface area contributed by atoms with E-state index in [0.717, 1.165) is 42.7 Å². The highest BCUT2D eigenvalue weighted by atomic mass is 16.2. The van der Waals surface area contributed by atoms with Gasteiger partial charge < -0.3 is 10.2 Å². The monoisotopic (exact) mass is 336 g/mol. The van der Waals surface area contributed by atoms with Crippen molar-refractivity contribution in [3.05, 3.63) is 64.7 Å². The second-order valence-corrected chi connectivity index (χ2v) is 6.76. The summed E-state index contributed by atoms with van der Waals surface area (Å²) in [6.45, 7) is 5.61. The lowest BCUT2D eigenvalue weighted by molar-refractivity contribution is 0.0724. The number of anilines is 1. The largest absolute Gasteiger partial charge is 0.339 e. The van der Waals surface area contributed by atoms with Gasteiger partial charge in [-0.2, -0.15) is 0 Å². The predicted octanol–water partition coefficient (Wildman–Crippen LogP) is 4.18. The number of nitrogens with one attached hydrogen (secondary N) is 1. The van der Waals surface area contributed by atoms with E-state index in [9.17, 15) is 9.59 Å². The van der Waals surface area contributed by atoms with Crippen LogP contribution in [0.5, 0.6) is 0 Å². The number of hydrogen-bond donors (Lipinski definition) is 1. The zero-order valence-electron chi connectivity index (χ0n) is 14.8. The maximum Gasteiger partial charge on any atom is 0.255 e. The van der Waals surface area contributed by atoms with Crippen LogP contribution in [0.3, 0.4) is 0 Å². The molecule has 1 aliphatic heterocycles. The average Bonchev–Trinajstić information content (AvgIpc) is 2.61. The number of benzene rings is 2. The average molecular weight is 336 g/mol. The van der Waals surface area contributed by atoms with Gasteiger partial charge in [0.1, 0.15) is 0 Å². The highest BCUT2D eigenvalue weighted by Gasteiger charge is 2.19. The van der Waals surface area contributed by atoms with Crippen molar-refractivity contribution in [2.75, 3.05) is 18.4 Å². The van der Waals surface area contributed by atoms with E-state index in [4.69, 9.17) is 0 Å². The van der Waals surface area contributed by atoms with Gasteiger partial charge >= 0.3 is 0 Å². The molecule has 1 N–H and O–H groups in total. The topological polar surface area (TPSA) is 49.4 Å². The number of hydrogen-bond acceptors (Lipinski definition) is 2. The molecule has 3 rings (SSSR count). The van der Waals surface area contributed by atoms with Crippen LogP contribution in [0.25, 0.3) is 0 Å². The van der Waals surface area contributed by atoms with Gasteiger partial charge in [0.15, 0.2) is 0 Å². The molecule has 25 heavy (non-hydrogen) atoms. The summed E-state index contributed by atoms with van der Waals surface area (Å²) in [4.78, 5) is 27.0. The molecular formula is C21H24N2O2. The molecule has 0 aliphatic carbocycles. The normalized spacial score (nSPS) is 14.2. The lowest BCUT2D eigenvalue weighted by atomic mass is 10.1. The van der Waals surface area contributed by atoms with Gasteiger partial charge in [0, 0.05) is 29.9 Å². The maximum absolute atomic E-state index is 12.6. The van der Waals surface area contributed by atoms with Crippen LogP contribution >= 0.6 is 0 Å². The zero-order chi connectivity index (χ0) is 17.8. The van der Waals surface area contributed by atoms with Crippen molar-refractivity contribution < 1.29 is 9.59 Å². The Morgan fingerprint density at radius 2 is 1.52 bits per heavy atom. The van der Waals surface area contributed by atoms with Gasteiger partial charge in [0.2, 0.25) is 0 Å². The highest BCUT2D eigenvalue weighted by Crippen LogP contribution is 2.17. The molecule has 4 heteroatoms. The van der Waals surface area contributed by atoms with E-state index >= 15 is 0 Å². The molecule has 0 radical (unpaired) electrons. The summed E-state index contributed by atoms with van der Waals surface area (Å²) in [5.74, 6) is -0.181. The summed E-state index contributed by atoms with van der Waals surface area (Å²) in [5.41, 5.74) is 4.06. The first-order valence-electron chi connectivity index (χ1n) is 8.82. The van der Waals surface area contributed by atoms with Crippen molar-refractivity contribution in [1.82, 2.24) is 4.90 Å². The number of nitrogens with zero attached hydrogens (tertiary/aromatic N) is 1. The van der Waals surface area contributed by atoms with Gasteiger partial charge in [0.05, 0.1) is 0 Å². The lowest BCUT2D eigenvalue weighted by Crippen LogP contribution is -2.35. The van der Waals surface area contributed by atoms with Crippen LogP contribution < -0.4 is 5.32 Å². The molecule has 0 aromatic heterocycles. The minimum Gasteiger partial charge on any atom is -0.339 e. The first-order valence-corrected chi connectivity index (χ1v) is 8.82. The Bertz CT molecular complexity index is 772. The van der Waals surface area contributed by atoms with E-state index < -0.39 is 0 Å². The predicted molar refractivity (Wildman–Crippen MR) is 100 cm³/mol. The molecule has 1 saturated heterocycles. The third kappa shape index (κ3) is 4.27. The molecule has 2 amide bonds. The first kappa shape index (κ1) is 17.2. The molecule has 1 aliphatic rings. The van der Waals surface area contributed by atoms with Crippen LogP contribution in [0.1, 0.15) is 51.1 Å². The molecule has 1 fully saturated rings. The van der Waals surface area contributed by atoms with Crippen LogP contribution in [0.2, 0.25) is 0 Å². The van der Waals surface area contributed by atoms with E-state index in [1.165, 1.54) is 6.42 Å². The number of piperidine rings is 1. The summed E-state index contributed by atoms with van der Waals surface area (Å²) in [7, 11) is 0.